The molecule has 2 aromatic rings. The fourth-order valence-electron chi connectivity index (χ4n) is 2.58. The first-order valence-corrected chi connectivity index (χ1v) is 6.35. The number of ether oxygens (including phenoxy) is 1. The number of anilines is 1. The van der Waals surface area contributed by atoms with Crippen LogP contribution < -0.4 is 11.5 Å². The molecule has 1 amide bonds. The Morgan fingerprint density at radius 2 is 2.38 bits per heavy atom. The molecule has 1 saturated heterocycles. The minimum absolute atomic E-state index is 0.0668. The van der Waals surface area contributed by atoms with Crippen molar-refractivity contribution in [1.29, 1.82) is 0 Å². The van der Waals surface area contributed by atoms with E-state index in [4.69, 9.17) is 21.3 Å². The van der Waals surface area contributed by atoms with Crippen LogP contribution in [0.4, 0.5) is 10.2 Å². The number of primary amides is 1. The summed E-state index contributed by atoms with van der Waals surface area (Å²) in [4.78, 5) is 15.3. The van der Waals surface area contributed by atoms with Gasteiger partial charge in [-0.25, -0.2) is 13.9 Å². The van der Waals surface area contributed by atoms with E-state index in [1.807, 2.05) is 0 Å². The molecular weight excluding hydrogens is 281 g/mol. The number of nitrogens with zero attached hydrogens (tertiary/aromatic N) is 3. The summed E-state index contributed by atoms with van der Waals surface area (Å²) in [5.74, 6) is -0.649. The van der Waals surface area contributed by atoms with E-state index in [-0.39, 0.29) is 29.9 Å². The quantitative estimate of drug-likeness (QED) is 0.704. The number of halogens is 1. The van der Waals surface area contributed by atoms with Crippen LogP contribution in [0.15, 0.2) is 12.4 Å². The zero-order chi connectivity index (χ0) is 15.1. The molecule has 1 aliphatic heterocycles. The zero-order valence-corrected chi connectivity index (χ0v) is 10.9. The Bertz CT molecular complexity index is 704. The van der Waals surface area contributed by atoms with Crippen molar-refractivity contribution in [3.8, 4) is 0 Å². The molecule has 0 saturated carbocycles. The molecule has 3 heterocycles. The number of aromatic nitrogens is 3. The first-order chi connectivity index (χ1) is 10.0. The van der Waals surface area contributed by atoms with Gasteiger partial charge in [0.25, 0.3) is 5.91 Å². The second-order valence-corrected chi connectivity index (χ2v) is 4.87. The third-order valence-corrected chi connectivity index (χ3v) is 3.53. The Hall–Kier alpha value is -2.26. The molecule has 0 aliphatic carbocycles. The van der Waals surface area contributed by atoms with E-state index in [0.717, 1.165) is 0 Å². The standard InChI is InChI=1S/C12H14FN5O3/c13-7-1-5(3-19)21-10(7)8-2-6(12(15)20)9-11(14)16-4-17-18(8)9/h2,4-5,7,10,19H,1,3H2,(H2,15,20)(H2,14,16,17)/t5-,7-,10+/m0/s1. The average Bonchev–Trinajstić information content (AvgIpc) is 3.00. The SMILES string of the molecule is NC(=O)c1cc([C@@H]2O[C@H](CO)C[C@@H]2F)n2ncnc(N)c12. The molecule has 1 aliphatic rings. The highest BCUT2D eigenvalue weighted by Gasteiger charge is 2.38. The van der Waals surface area contributed by atoms with Crippen LogP contribution in [-0.2, 0) is 4.74 Å². The van der Waals surface area contributed by atoms with E-state index >= 15 is 0 Å². The maximum Gasteiger partial charge on any atom is 0.251 e. The van der Waals surface area contributed by atoms with Gasteiger partial charge >= 0.3 is 0 Å². The Labute approximate surface area is 118 Å². The van der Waals surface area contributed by atoms with Crippen molar-refractivity contribution in [3.05, 3.63) is 23.7 Å². The van der Waals surface area contributed by atoms with Gasteiger partial charge in [0.2, 0.25) is 0 Å². The van der Waals surface area contributed by atoms with Crippen molar-refractivity contribution < 1.29 is 19.0 Å². The van der Waals surface area contributed by atoms with Crippen molar-refractivity contribution in [2.45, 2.75) is 24.8 Å². The number of nitrogen functional groups attached to an aromatic ring is 1. The number of amides is 1. The zero-order valence-electron chi connectivity index (χ0n) is 10.9. The number of nitrogens with two attached hydrogens (primary N) is 2. The van der Waals surface area contributed by atoms with Gasteiger partial charge in [-0.15, -0.1) is 0 Å². The number of fused-ring (bicyclic) bond motifs is 1. The molecule has 0 unspecified atom stereocenters. The molecule has 2 aromatic heterocycles. The van der Waals surface area contributed by atoms with E-state index in [1.165, 1.54) is 16.9 Å². The molecule has 1 fully saturated rings. The van der Waals surface area contributed by atoms with Crippen molar-refractivity contribution >= 4 is 17.2 Å². The fraction of sp³-hybridized carbons (Fsp3) is 0.417. The van der Waals surface area contributed by atoms with Crippen LogP contribution in [0.25, 0.3) is 5.52 Å². The number of rotatable bonds is 3. The Kier molecular flexibility index (Phi) is 3.22. The van der Waals surface area contributed by atoms with Crippen molar-refractivity contribution in [3.63, 3.8) is 0 Å². The van der Waals surface area contributed by atoms with Gasteiger partial charge in [-0.3, -0.25) is 4.79 Å². The molecule has 9 heteroatoms. The number of aliphatic hydroxyl groups excluding tert-OH is 1. The molecule has 0 spiro atoms. The number of hydrogen-bond donors (Lipinski definition) is 3. The largest absolute Gasteiger partial charge is 0.394 e. The summed E-state index contributed by atoms with van der Waals surface area (Å²) in [6, 6.07) is 1.40. The van der Waals surface area contributed by atoms with Crippen molar-refractivity contribution in [2.24, 2.45) is 5.73 Å². The average molecular weight is 295 g/mol. The minimum Gasteiger partial charge on any atom is -0.394 e. The van der Waals surface area contributed by atoms with Gasteiger partial charge in [0.15, 0.2) is 5.82 Å². The highest BCUT2D eigenvalue weighted by atomic mass is 19.1. The molecule has 3 atom stereocenters. The summed E-state index contributed by atoms with van der Waals surface area (Å²) in [5.41, 5.74) is 11.7. The van der Waals surface area contributed by atoms with E-state index in [9.17, 15) is 9.18 Å². The molecule has 0 aromatic carbocycles. The Balaban J connectivity index is 2.16. The molecule has 8 nitrogen and oxygen atoms in total. The lowest BCUT2D eigenvalue weighted by Gasteiger charge is -2.13. The third-order valence-electron chi connectivity index (χ3n) is 3.53. The molecule has 5 N–H and O–H groups in total. The second kappa shape index (κ2) is 4.93. The highest BCUT2D eigenvalue weighted by molar-refractivity contribution is 6.02. The van der Waals surface area contributed by atoms with E-state index in [1.54, 1.807) is 0 Å². The van der Waals surface area contributed by atoms with Gasteiger partial charge < -0.3 is 21.3 Å². The normalized spacial score (nSPS) is 25.5. The van der Waals surface area contributed by atoms with Crippen LogP contribution in [0.1, 0.15) is 28.6 Å². The highest BCUT2D eigenvalue weighted by Crippen LogP contribution is 2.37. The number of carbonyl (C=O) groups excluding carboxylic acids is 1. The van der Waals surface area contributed by atoms with Gasteiger partial charge in [-0.2, -0.15) is 5.10 Å². The van der Waals surface area contributed by atoms with Gasteiger partial charge in [0, 0.05) is 6.42 Å². The lowest BCUT2D eigenvalue weighted by molar-refractivity contribution is -0.00199. The smallest absolute Gasteiger partial charge is 0.251 e. The second-order valence-electron chi connectivity index (χ2n) is 4.87. The third kappa shape index (κ3) is 2.10. The summed E-state index contributed by atoms with van der Waals surface area (Å²) >= 11 is 0. The Morgan fingerprint density at radius 1 is 1.62 bits per heavy atom. The monoisotopic (exact) mass is 295 g/mol. The summed E-state index contributed by atoms with van der Waals surface area (Å²) in [6.45, 7) is -0.278. The molecule has 0 bridgehead atoms. The van der Waals surface area contributed by atoms with E-state index in [2.05, 4.69) is 10.1 Å². The first-order valence-electron chi connectivity index (χ1n) is 6.35. The van der Waals surface area contributed by atoms with E-state index < -0.39 is 24.3 Å². The Morgan fingerprint density at radius 3 is 3.00 bits per heavy atom. The molecular formula is C12H14FN5O3. The number of hydrogen-bond acceptors (Lipinski definition) is 6. The molecule has 3 rings (SSSR count). The predicted octanol–water partition coefficient (Wildman–Crippen LogP) is -0.429. The van der Waals surface area contributed by atoms with Crippen LogP contribution >= 0.6 is 0 Å². The summed E-state index contributed by atoms with van der Waals surface area (Å²) in [6.07, 6.45) is -1.59. The fourth-order valence-corrected chi connectivity index (χ4v) is 2.58. The lowest BCUT2D eigenvalue weighted by atomic mass is 10.1. The van der Waals surface area contributed by atoms with Crippen molar-refractivity contribution in [2.75, 3.05) is 12.3 Å². The van der Waals surface area contributed by atoms with Crippen LogP contribution in [0.5, 0.6) is 0 Å². The summed E-state index contributed by atoms with van der Waals surface area (Å²) < 4.78 is 20.9. The lowest BCUT2D eigenvalue weighted by Crippen LogP contribution is -2.13. The van der Waals surface area contributed by atoms with Crippen molar-refractivity contribution in [1.82, 2.24) is 14.6 Å². The summed E-state index contributed by atoms with van der Waals surface area (Å²) in [5, 5.41) is 13.1. The van der Waals surface area contributed by atoms with Gasteiger partial charge in [-0.05, 0) is 6.07 Å². The van der Waals surface area contributed by atoms with Gasteiger partial charge in [-0.1, -0.05) is 0 Å². The summed E-state index contributed by atoms with van der Waals surface area (Å²) in [7, 11) is 0. The minimum atomic E-state index is -1.32. The van der Waals surface area contributed by atoms with Crippen LogP contribution in [0.2, 0.25) is 0 Å². The van der Waals surface area contributed by atoms with Gasteiger partial charge in [0.05, 0.1) is 24.0 Å². The first kappa shape index (κ1) is 13.7. The van der Waals surface area contributed by atoms with Crippen LogP contribution in [0.3, 0.4) is 0 Å². The molecule has 21 heavy (non-hydrogen) atoms. The number of alkyl halides is 1. The number of carbonyl (C=O) groups is 1. The van der Waals surface area contributed by atoms with Crippen LogP contribution in [-0.4, -0.2) is 44.5 Å². The maximum absolute atomic E-state index is 14.1. The molecule has 112 valence electrons. The van der Waals surface area contributed by atoms with Gasteiger partial charge in [0.1, 0.15) is 24.1 Å². The topological polar surface area (TPSA) is 129 Å². The maximum atomic E-state index is 14.1. The number of aliphatic hydroxyl groups is 1. The van der Waals surface area contributed by atoms with Crippen LogP contribution in [0, 0.1) is 0 Å². The van der Waals surface area contributed by atoms with E-state index in [0.29, 0.717) is 5.69 Å². The molecule has 0 radical (unpaired) electrons. The predicted molar refractivity (Wildman–Crippen MR) is 70.1 cm³/mol.